The zero-order valence-electron chi connectivity index (χ0n) is 11.0. The number of nitrogens with one attached hydrogen (secondary N) is 1. The lowest BCUT2D eigenvalue weighted by Gasteiger charge is -2.20. The molecule has 0 radical (unpaired) electrons. The van der Waals surface area contributed by atoms with Crippen molar-refractivity contribution in [2.24, 2.45) is 11.8 Å². The van der Waals surface area contributed by atoms with Gasteiger partial charge < -0.3 is 0 Å². The molecule has 0 aliphatic heterocycles. The van der Waals surface area contributed by atoms with Crippen LogP contribution in [0.15, 0.2) is 42.6 Å². The van der Waals surface area contributed by atoms with Gasteiger partial charge in [-0.2, -0.15) is 5.10 Å². The van der Waals surface area contributed by atoms with Gasteiger partial charge in [-0.05, 0) is 37.0 Å². The third-order valence-corrected chi connectivity index (χ3v) is 4.00. The van der Waals surface area contributed by atoms with E-state index in [0.717, 1.165) is 11.4 Å². The third-order valence-electron chi connectivity index (χ3n) is 4.00. The highest BCUT2D eigenvalue weighted by Gasteiger charge is 2.27. The van der Waals surface area contributed by atoms with Gasteiger partial charge in [0.25, 0.3) is 0 Å². The molecule has 1 heterocycles. The Kier molecular flexibility index (Phi) is 3.62. The minimum atomic E-state index is 0.174. The van der Waals surface area contributed by atoms with E-state index in [1.54, 1.807) is 0 Å². The molecule has 3 N–H and O–H groups in total. The zero-order chi connectivity index (χ0) is 13.1. The van der Waals surface area contributed by atoms with Crippen LogP contribution in [0, 0.1) is 5.92 Å². The maximum Gasteiger partial charge on any atom is 0.0814 e. The van der Waals surface area contributed by atoms with Crippen LogP contribution < -0.4 is 11.3 Å². The lowest BCUT2D eigenvalue weighted by Crippen LogP contribution is -2.33. The molecule has 1 unspecified atom stereocenters. The van der Waals surface area contributed by atoms with E-state index in [9.17, 15) is 0 Å². The Morgan fingerprint density at radius 1 is 1.16 bits per heavy atom. The maximum absolute atomic E-state index is 5.73. The van der Waals surface area contributed by atoms with Crippen molar-refractivity contribution in [3.05, 3.63) is 48.3 Å². The summed E-state index contributed by atoms with van der Waals surface area (Å²) in [5.41, 5.74) is 5.07. The second kappa shape index (κ2) is 5.55. The minimum absolute atomic E-state index is 0.174. The van der Waals surface area contributed by atoms with Crippen molar-refractivity contribution in [2.45, 2.75) is 31.7 Å². The molecule has 0 amide bonds. The largest absolute Gasteiger partial charge is 0.271 e. The van der Waals surface area contributed by atoms with Crippen LogP contribution in [0.1, 0.15) is 37.4 Å². The Balaban J connectivity index is 1.83. The third kappa shape index (κ3) is 2.55. The monoisotopic (exact) mass is 256 g/mol. The van der Waals surface area contributed by atoms with Crippen molar-refractivity contribution in [2.75, 3.05) is 0 Å². The number of benzene rings is 1. The van der Waals surface area contributed by atoms with E-state index >= 15 is 0 Å². The Bertz CT molecular complexity index is 514. The van der Waals surface area contributed by atoms with Crippen molar-refractivity contribution in [3.63, 3.8) is 0 Å². The van der Waals surface area contributed by atoms with Gasteiger partial charge in [0.1, 0.15) is 0 Å². The molecule has 1 aromatic carbocycles. The summed E-state index contributed by atoms with van der Waals surface area (Å²) in [6.45, 7) is 0. The highest BCUT2D eigenvalue weighted by Crippen LogP contribution is 2.34. The van der Waals surface area contributed by atoms with Crippen LogP contribution in [0.4, 0.5) is 0 Å². The van der Waals surface area contributed by atoms with E-state index in [1.165, 1.54) is 25.7 Å². The predicted molar refractivity (Wildman–Crippen MR) is 75.6 cm³/mol. The highest BCUT2D eigenvalue weighted by molar-refractivity contribution is 5.30. The van der Waals surface area contributed by atoms with E-state index < -0.39 is 0 Å². The van der Waals surface area contributed by atoms with Gasteiger partial charge in [-0.1, -0.05) is 31.0 Å². The van der Waals surface area contributed by atoms with Gasteiger partial charge in [-0.3, -0.25) is 11.3 Å². The van der Waals surface area contributed by atoms with Crippen LogP contribution in [-0.4, -0.2) is 9.78 Å². The fraction of sp³-hybridized carbons (Fsp3) is 0.400. The standard InChI is InChI=1S/C15H20N4/c16-17-15(12-6-4-5-7-12)14-10-11-19(18-14)13-8-2-1-3-9-13/h1-3,8-12,15,17H,4-7,16H2. The molecular formula is C15H20N4. The molecule has 0 spiro atoms. The molecule has 0 bridgehead atoms. The van der Waals surface area contributed by atoms with Crippen LogP contribution in [-0.2, 0) is 0 Å². The summed E-state index contributed by atoms with van der Waals surface area (Å²) in [6.07, 6.45) is 7.11. The predicted octanol–water partition coefficient (Wildman–Crippen LogP) is 2.57. The first-order valence-electron chi connectivity index (χ1n) is 6.95. The molecule has 1 fully saturated rings. The van der Waals surface area contributed by atoms with Crippen molar-refractivity contribution in [3.8, 4) is 5.69 Å². The van der Waals surface area contributed by atoms with Crippen LogP contribution in [0.25, 0.3) is 5.69 Å². The van der Waals surface area contributed by atoms with E-state index in [4.69, 9.17) is 5.84 Å². The van der Waals surface area contributed by atoms with E-state index in [-0.39, 0.29) is 6.04 Å². The first-order valence-corrected chi connectivity index (χ1v) is 6.95. The quantitative estimate of drug-likeness (QED) is 0.653. The van der Waals surface area contributed by atoms with E-state index in [1.807, 2.05) is 29.1 Å². The van der Waals surface area contributed by atoms with Crippen LogP contribution in [0.2, 0.25) is 0 Å². The molecule has 100 valence electrons. The number of aromatic nitrogens is 2. The normalized spacial score (nSPS) is 17.7. The van der Waals surface area contributed by atoms with Gasteiger partial charge >= 0.3 is 0 Å². The van der Waals surface area contributed by atoms with Gasteiger partial charge in [0.2, 0.25) is 0 Å². The van der Waals surface area contributed by atoms with Crippen LogP contribution >= 0.6 is 0 Å². The molecule has 4 nitrogen and oxygen atoms in total. The fourth-order valence-electron chi connectivity index (χ4n) is 2.98. The molecule has 1 aromatic heterocycles. The zero-order valence-corrected chi connectivity index (χ0v) is 11.0. The number of hydrazine groups is 1. The SMILES string of the molecule is NNC(c1ccn(-c2ccccc2)n1)C1CCCC1. The average Bonchev–Trinajstić information content (AvgIpc) is 3.12. The lowest BCUT2D eigenvalue weighted by atomic mass is 9.96. The Hall–Kier alpha value is -1.65. The van der Waals surface area contributed by atoms with E-state index in [0.29, 0.717) is 5.92 Å². The molecule has 2 aromatic rings. The topological polar surface area (TPSA) is 55.9 Å². The van der Waals surface area contributed by atoms with Crippen LogP contribution in [0.5, 0.6) is 0 Å². The molecule has 1 aliphatic rings. The van der Waals surface area contributed by atoms with Crippen molar-refractivity contribution >= 4 is 0 Å². The lowest BCUT2D eigenvalue weighted by molar-refractivity contribution is 0.365. The number of para-hydroxylation sites is 1. The minimum Gasteiger partial charge on any atom is -0.271 e. The summed E-state index contributed by atoms with van der Waals surface area (Å²) < 4.78 is 1.91. The highest BCUT2D eigenvalue weighted by atomic mass is 15.3. The molecule has 4 heteroatoms. The van der Waals surface area contributed by atoms with Gasteiger partial charge in [0, 0.05) is 6.20 Å². The first kappa shape index (κ1) is 12.4. The Morgan fingerprint density at radius 2 is 1.89 bits per heavy atom. The van der Waals surface area contributed by atoms with Gasteiger partial charge in [0.15, 0.2) is 0 Å². The second-order valence-corrected chi connectivity index (χ2v) is 5.21. The van der Waals surface area contributed by atoms with Crippen molar-refractivity contribution < 1.29 is 0 Å². The maximum atomic E-state index is 5.73. The molecule has 3 rings (SSSR count). The summed E-state index contributed by atoms with van der Waals surface area (Å²) in [5.74, 6) is 6.35. The summed E-state index contributed by atoms with van der Waals surface area (Å²) in [6, 6.07) is 12.4. The van der Waals surface area contributed by atoms with Gasteiger partial charge in [0.05, 0.1) is 17.4 Å². The van der Waals surface area contributed by atoms with Gasteiger partial charge in [-0.15, -0.1) is 0 Å². The fourth-order valence-corrected chi connectivity index (χ4v) is 2.98. The van der Waals surface area contributed by atoms with E-state index in [2.05, 4.69) is 28.7 Å². The summed E-state index contributed by atoms with van der Waals surface area (Å²) in [7, 11) is 0. The number of hydrogen-bond donors (Lipinski definition) is 2. The molecule has 1 aliphatic carbocycles. The number of hydrogen-bond acceptors (Lipinski definition) is 3. The molecule has 0 saturated heterocycles. The molecule has 1 atom stereocenters. The number of nitrogens with zero attached hydrogens (tertiary/aromatic N) is 2. The summed E-state index contributed by atoms with van der Waals surface area (Å²) >= 11 is 0. The Morgan fingerprint density at radius 3 is 2.58 bits per heavy atom. The average molecular weight is 256 g/mol. The molecular weight excluding hydrogens is 236 g/mol. The van der Waals surface area contributed by atoms with Crippen LogP contribution in [0.3, 0.4) is 0 Å². The van der Waals surface area contributed by atoms with Crippen molar-refractivity contribution in [1.82, 2.24) is 15.2 Å². The summed E-state index contributed by atoms with van der Waals surface area (Å²) in [4.78, 5) is 0. The first-order chi connectivity index (χ1) is 9.38. The smallest absolute Gasteiger partial charge is 0.0814 e. The van der Waals surface area contributed by atoms with Gasteiger partial charge in [-0.25, -0.2) is 4.68 Å². The Labute approximate surface area is 113 Å². The number of rotatable bonds is 4. The molecule has 1 saturated carbocycles. The molecule has 19 heavy (non-hydrogen) atoms. The van der Waals surface area contributed by atoms with Crippen molar-refractivity contribution in [1.29, 1.82) is 0 Å². The summed E-state index contributed by atoms with van der Waals surface area (Å²) in [5, 5.41) is 4.67. The second-order valence-electron chi connectivity index (χ2n) is 5.21. The number of nitrogens with two attached hydrogens (primary N) is 1.